The molecular weight excluding hydrogens is 250 g/mol. The molecule has 2 N–H and O–H groups in total. The molecule has 5 heteroatoms. The highest BCUT2D eigenvalue weighted by Crippen LogP contribution is 2.30. The summed E-state index contributed by atoms with van der Waals surface area (Å²) in [6, 6.07) is 0. The average Bonchev–Trinajstić information content (AvgIpc) is 2.23. The van der Waals surface area contributed by atoms with Crippen molar-refractivity contribution in [1.82, 2.24) is 0 Å². The second-order valence-electron chi connectivity index (χ2n) is 6.27. The van der Waals surface area contributed by atoms with Crippen LogP contribution in [0.1, 0.15) is 52.9 Å². The Morgan fingerprint density at radius 1 is 1.28 bits per heavy atom. The zero-order chi connectivity index (χ0) is 13.8. The number of nitrogens with two attached hydrogens (primary N) is 1. The van der Waals surface area contributed by atoms with E-state index in [9.17, 15) is 8.42 Å². The molecule has 0 radical (unpaired) electrons. The molecule has 1 fully saturated rings. The van der Waals surface area contributed by atoms with E-state index < -0.39 is 15.4 Å². The zero-order valence-corrected chi connectivity index (χ0v) is 12.6. The quantitative estimate of drug-likeness (QED) is 0.810. The molecule has 0 saturated heterocycles. The number of hydrogen-bond donors (Lipinski definition) is 1. The minimum absolute atomic E-state index is 0.0243. The maximum atomic E-state index is 11.1. The Bertz CT molecular complexity index is 351. The third-order valence-electron chi connectivity index (χ3n) is 3.64. The monoisotopic (exact) mass is 277 g/mol. The Labute approximate surface area is 111 Å². The van der Waals surface area contributed by atoms with Gasteiger partial charge in [-0.1, -0.05) is 40.0 Å². The minimum Gasteiger partial charge on any atom is -0.377 e. The van der Waals surface area contributed by atoms with E-state index in [1.807, 2.05) is 13.8 Å². The van der Waals surface area contributed by atoms with Crippen molar-refractivity contribution in [2.24, 2.45) is 16.5 Å². The summed E-state index contributed by atoms with van der Waals surface area (Å²) < 4.78 is 28.3. The molecule has 0 aromatic carbocycles. The van der Waals surface area contributed by atoms with E-state index in [0.717, 1.165) is 12.8 Å². The maximum Gasteiger partial charge on any atom is 0.209 e. The van der Waals surface area contributed by atoms with Crippen LogP contribution in [0.15, 0.2) is 0 Å². The van der Waals surface area contributed by atoms with E-state index in [1.54, 1.807) is 0 Å². The molecule has 18 heavy (non-hydrogen) atoms. The second kappa shape index (κ2) is 6.35. The Morgan fingerprint density at radius 3 is 2.44 bits per heavy atom. The highest BCUT2D eigenvalue weighted by molar-refractivity contribution is 7.89. The Morgan fingerprint density at radius 2 is 1.89 bits per heavy atom. The van der Waals surface area contributed by atoms with Crippen molar-refractivity contribution in [3.05, 3.63) is 0 Å². The molecule has 108 valence electrons. The van der Waals surface area contributed by atoms with Gasteiger partial charge in [-0.05, 0) is 18.8 Å². The molecule has 0 aromatic heterocycles. The van der Waals surface area contributed by atoms with Crippen LogP contribution in [0.5, 0.6) is 0 Å². The van der Waals surface area contributed by atoms with Crippen molar-refractivity contribution in [3.8, 4) is 0 Å². The summed E-state index contributed by atoms with van der Waals surface area (Å²) in [5, 5.41) is 5.10. The van der Waals surface area contributed by atoms with Crippen molar-refractivity contribution in [2.45, 2.75) is 59.0 Å². The van der Waals surface area contributed by atoms with Crippen LogP contribution in [0.4, 0.5) is 0 Å². The fraction of sp³-hybridized carbons (Fsp3) is 1.00. The van der Waals surface area contributed by atoms with Gasteiger partial charge in [0.2, 0.25) is 10.0 Å². The van der Waals surface area contributed by atoms with Gasteiger partial charge in [0.1, 0.15) is 0 Å². The Kier molecular flexibility index (Phi) is 5.62. The van der Waals surface area contributed by atoms with Gasteiger partial charge in [-0.15, -0.1) is 0 Å². The van der Waals surface area contributed by atoms with Crippen LogP contribution in [-0.4, -0.2) is 26.9 Å². The van der Waals surface area contributed by atoms with E-state index in [2.05, 4.69) is 6.92 Å². The van der Waals surface area contributed by atoms with Crippen molar-refractivity contribution in [3.63, 3.8) is 0 Å². The standard InChI is InChI=1S/C13H27NO3S/c1-4-11-7-5-6-8-12(11)17-9-13(2,3)10-18(14,15)16/h11-12H,4-10H2,1-3H3,(H2,14,15,16). The molecule has 0 amide bonds. The van der Waals surface area contributed by atoms with Gasteiger partial charge in [0.05, 0.1) is 18.5 Å². The SMILES string of the molecule is CCC1CCCCC1OCC(C)(C)CS(N)(=O)=O. The lowest BCUT2D eigenvalue weighted by Gasteiger charge is -2.34. The number of rotatable bonds is 6. The highest BCUT2D eigenvalue weighted by Gasteiger charge is 2.29. The van der Waals surface area contributed by atoms with Gasteiger partial charge in [0, 0.05) is 5.41 Å². The van der Waals surface area contributed by atoms with E-state index in [1.165, 1.54) is 19.3 Å². The van der Waals surface area contributed by atoms with Gasteiger partial charge in [-0.3, -0.25) is 0 Å². The van der Waals surface area contributed by atoms with Crippen LogP contribution < -0.4 is 5.14 Å². The lowest BCUT2D eigenvalue weighted by Crippen LogP contribution is -2.36. The van der Waals surface area contributed by atoms with Crippen molar-refractivity contribution < 1.29 is 13.2 Å². The predicted molar refractivity (Wildman–Crippen MR) is 73.7 cm³/mol. The molecular formula is C13H27NO3S. The Balaban J connectivity index is 2.47. The molecule has 0 aliphatic heterocycles. The van der Waals surface area contributed by atoms with Gasteiger partial charge < -0.3 is 4.74 Å². The molecule has 0 spiro atoms. The van der Waals surface area contributed by atoms with E-state index in [4.69, 9.17) is 9.88 Å². The van der Waals surface area contributed by atoms with Crippen LogP contribution in [0, 0.1) is 11.3 Å². The third-order valence-corrected chi connectivity index (χ3v) is 4.83. The predicted octanol–water partition coefficient (Wildman–Crippen LogP) is 2.29. The molecule has 4 nitrogen and oxygen atoms in total. The Hall–Kier alpha value is -0.130. The lowest BCUT2D eigenvalue weighted by atomic mass is 9.84. The maximum absolute atomic E-state index is 11.1. The first-order chi connectivity index (χ1) is 8.23. The van der Waals surface area contributed by atoms with Gasteiger partial charge in [0.15, 0.2) is 0 Å². The molecule has 0 heterocycles. The molecule has 1 rings (SSSR count). The second-order valence-corrected chi connectivity index (χ2v) is 7.89. The third kappa shape index (κ3) is 5.67. The lowest BCUT2D eigenvalue weighted by molar-refractivity contribution is -0.0410. The summed E-state index contributed by atoms with van der Waals surface area (Å²) in [5.74, 6) is 0.604. The molecule has 2 unspecified atom stereocenters. The van der Waals surface area contributed by atoms with Gasteiger partial charge in [0.25, 0.3) is 0 Å². The first kappa shape index (κ1) is 15.9. The van der Waals surface area contributed by atoms with Crippen LogP contribution in [-0.2, 0) is 14.8 Å². The zero-order valence-electron chi connectivity index (χ0n) is 11.8. The largest absolute Gasteiger partial charge is 0.377 e. The van der Waals surface area contributed by atoms with E-state index >= 15 is 0 Å². The summed E-state index contributed by atoms with van der Waals surface area (Å²) in [6.07, 6.45) is 6.28. The number of ether oxygens (including phenoxy) is 1. The minimum atomic E-state index is -3.43. The molecule has 1 aliphatic carbocycles. The van der Waals surface area contributed by atoms with E-state index in [0.29, 0.717) is 18.6 Å². The van der Waals surface area contributed by atoms with Crippen molar-refractivity contribution in [2.75, 3.05) is 12.4 Å². The summed E-state index contributed by atoms with van der Waals surface area (Å²) >= 11 is 0. The summed E-state index contributed by atoms with van der Waals surface area (Å²) in [5.41, 5.74) is -0.413. The normalized spacial score (nSPS) is 26.2. The molecule has 0 aromatic rings. The van der Waals surface area contributed by atoms with Gasteiger partial charge >= 0.3 is 0 Å². The molecule has 1 aliphatic rings. The van der Waals surface area contributed by atoms with Gasteiger partial charge in [-0.25, -0.2) is 13.6 Å². The number of sulfonamides is 1. The highest BCUT2D eigenvalue weighted by atomic mass is 32.2. The van der Waals surface area contributed by atoms with Gasteiger partial charge in [-0.2, -0.15) is 0 Å². The molecule has 2 atom stereocenters. The first-order valence-corrected chi connectivity index (χ1v) is 8.57. The van der Waals surface area contributed by atoms with Crippen molar-refractivity contribution in [1.29, 1.82) is 0 Å². The van der Waals surface area contributed by atoms with Crippen molar-refractivity contribution >= 4 is 10.0 Å². The fourth-order valence-corrected chi connectivity index (χ4v) is 3.95. The van der Waals surface area contributed by atoms with Crippen LogP contribution in [0.3, 0.4) is 0 Å². The number of primary sulfonamides is 1. The summed E-state index contributed by atoms with van der Waals surface area (Å²) in [6.45, 7) is 6.44. The molecule has 0 bridgehead atoms. The smallest absolute Gasteiger partial charge is 0.209 e. The van der Waals surface area contributed by atoms with Crippen LogP contribution >= 0.6 is 0 Å². The van der Waals surface area contributed by atoms with Crippen LogP contribution in [0.25, 0.3) is 0 Å². The van der Waals surface area contributed by atoms with Crippen LogP contribution in [0.2, 0.25) is 0 Å². The number of hydrogen-bond acceptors (Lipinski definition) is 3. The topological polar surface area (TPSA) is 69.4 Å². The fourth-order valence-electron chi connectivity index (χ4n) is 2.78. The first-order valence-electron chi connectivity index (χ1n) is 6.85. The molecule has 1 saturated carbocycles. The van der Waals surface area contributed by atoms with E-state index in [-0.39, 0.29) is 5.75 Å². The summed E-state index contributed by atoms with van der Waals surface area (Å²) in [4.78, 5) is 0. The average molecular weight is 277 g/mol. The summed E-state index contributed by atoms with van der Waals surface area (Å²) in [7, 11) is -3.43.